The van der Waals surface area contributed by atoms with E-state index in [1.165, 1.54) is 25.7 Å². The molecule has 3 heteroatoms. The monoisotopic (exact) mass is 266 g/mol. The molecule has 2 unspecified atom stereocenters. The second-order valence-corrected chi connectivity index (χ2v) is 6.91. The first-order valence-electron chi connectivity index (χ1n) is 8.09. The first-order chi connectivity index (χ1) is 9.03. The van der Waals surface area contributed by atoms with E-state index in [0.29, 0.717) is 17.2 Å². The summed E-state index contributed by atoms with van der Waals surface area (Å²) in [5, 5.41) is 3.56. The zero-order valence-electron chi connectivity index (χ0n) is 13.0. The lowest BCUT2D eigenvalue weighted by atomic mass is 9.99. The van der Waals surface area contributed by atoms with Crippen molar-refractivity contribution in [2.75, 3.05) is 6.54 Å². The molecule has 1 saturated carbocycles. The molecule has 0 spiro atoms. The molecule has 1 amide bonds. The zero-order chi connectivity index (χ0) is 14.0. The second kappa shape index (κ2) is 5.82. The molecule has 1 N–H and O–H groups in total. The Labute approximate surface area is 118 Å². The molecule has 19 heavy (non-hydrogen) atoms. The van der Waals surface area contributed by atoms with Crippen molar-refractivity contribution in [3.05, 3.63) is 0 Å². The summed E-state index contributed by atoms with van der Waals surface area (Å²) in [7, 11) is 0. The first kappa shape index (κ1) is 14.8. The Balaban J connectivity index is 2.05. The number of hydrogen-bond acceptors (Lipinski definition) is 2. The quantitative estimate of drug-likeness (QED) is 0.767. The van der Waals surface area contributed by atoms with Gasteiger partial charge in [-0.25, -0.2) is 0 Å². The largest absolute Gasteiger partial charge is 0.325 e. The summed E-state index contributed by atoms with van der Waals surface area (Å²) in [5.41, 5.74) is 0.462. The molecular formula is C16H30N2O. The van der Waals surface area contributed by atoms with Gasteiger partial charge in [0.05, 0.1) is 12.2 Å². The van der Waals surface area contributed by atoms with Gasteiger partial charge in [0.2, 0.25) is 5.91 Å². The first-order valence-corrected chi connectivity index (χ1v) is 8.09. The van der Waals surface area contributed by atoms with Crippen molar-refractivity contribution in [3.63, 3.8) is 0 Å². The fourth-order valence-electron chi connectivity index (χ4n) is 3.43. The van der Waals surface area contributed by atoms with Crippen LogP contribution in [0.15, 0.2) is 0 Å². The third-order valence-corrected chi connectivity index (χ3v) is 4.77. The molecule has 1 aliphatic heterocycles. The van der Waals surface area contributed by atoms with Gasteiger partial charge in [0.25, 0.3) is 0 Å². The second-order valence-electron chi connectivity index (χ2n) is 6.91. The molecule has 0 aromatic rings. The van der Waals surface area contributed by atoms with Crippen LogP contribution in [-0.2, 0) is 4.79 Å². The molecule has 0 radical (unpaired) electrons. The SMILES string of the molecule is CCCC1NC(C(C)C)C(=O)N1CC1(CCC)CC1. The van der Waals surface area contributed by atoms with Crippen molar-refractivity contribution < 1.29 is 4.79 Å². The molecular weight excluding hydrogens is 236 g/mol. The number of nitrogens with zero attached hydrogens (tertiary/aromatic N) is 1. The molecule has 0 bridgehead atoms. The Bertz CT molecular complexity index is 323. The minimum atomic E-state index is 0.0361. The third kappa shape index (κ3) is 3.13. The molecule has 1 heterocycles. The van der Waals surface area contributed by atoms with Crippen molar-refractivity contribution in [1.29, 1.82) is 0 Å². The lowest BCUT2D eigenvalue weighted by molar-refractivity contribution is -0.131. The van der Waals surface area contributed by atoms with E-state index in [4.69, 9.17) is 0 Å². The van der Waals surface area contributed by atoms with Gasteiger partial charge >= 0.3 is 0 Å². The van der Waals surface area contributed by atoms with E-state index in [0.717, 1.165) is 19.4 Å². The van der Waals surface area contributed by atoms with Crippen molar-refractivity contribution in [1.82, 2.24) is 10.2 Å². The van der Waals surface area contributed by atoms with Crippen molar-refractivity contribution in [2.24, 2.45) is 11.3 Å². The normalized spacial score (nSPS) is 29.3. The molecule has 2 atom stereocenters. The minimum Gasteiger partial charge on any atom is -0.325 e. The fraction of sp³-hybridized carbons (Fsp3) is 0.938. The predicted molar refractivity (Wildman–Crippen MR) is 78.7 cm³/mol. The maximum absolute atomic E-state index is 12.6. The highest BCUT2D eigenvalue weighted by atomic mass is 16.2. The highest BCUT2D eigenvalue weighted by Gasteiger charge is 2.48. The summed E-state index contributed by atoms with van der Waals surface area (Å²) < 4.78 is 0. The fourth-order valence-corrected chi connectivity index (χ4v) is 3.43. The van der Waals surface area contributed by atoms with Crippen LogP contribution in [0.5, 0.6) is 0 Å². The van der Waals surface area contributed by atoms with Gasteiger partial charge < -0.3 is 4.90 Å². The number of carbonyl (C=O) groups is 1. The summed E-state index contributed by atoms with van der Waals surface area (Å²) in [4.78, 5) is 14.8. The Morgan fingerprint density at radius 3 is 2.47 bits per heavy atom. The summed E-state index contributed by atoms with van der Waals surface area (Å²) in [6.07, 6.45) is 7.64. The van der Waals surface area contributed by atoms with E-state index >= 15 is 0 Å². The zero-order valence-corrected chi connectivity index (χ0v) is 13.0. The Kier molecular flexibility index (Phi) is 4.54. The van der Waals surface area contributed by atoms with Gasteiger partial charge in [-0.2, -0.15) is 0 Å². The van der Waals surface area contributed by atoms with Crippen LogP contribution in [0.2, 0.25) is 0 Å². The Morgan fingerprint density at radius 2 is 2.00 bits per heavy atom. The van der Waals surface area contributed by atoms with E-state index < -0.39 is 0 Å². The smallest absolute Gasteiger partial charge is 0.241 e. The van der Waals surface area contributed by atoms with E-state index in [1.807, 2.05) is 0 Å². The van der Waals surface area contributed by atoms with E-state index in [-0.39, 0.29) is 12.2 Å². The van der Waals surface area contributed by atoms with Crippen LogP contribution in [0.1, 0.15) is 66.2 Å². The van der Waals surface area contributed by atoms with Gasteiger partial charge in [-0.1, -0.05) is 40.5 Å². The highest BCUT2D eigenvalue weighted by molar-refractivity contribution is 5.84. The molecule has 0 aromatic carbocycles. The summed E-state index contributed by atoms with van der Waals surface area (Å²) in [5.74, 6) is 0.731. The van der Waals surface area contributed by atoms with Crippen LogP contribution in [-0.4, -0.2) is 29.6 Å². The average molecular weight is 266 g/mol. The van der Waals surface area contributed by atoms with Crippen LogP contribution in [0.3, 0.4) is 0 Å². The van der Waals surface area contributed by atoms with Gasteiger partial charge in [-0.05, 0) is 37.0 Å². The molecule has 110 valence electrons. The molecule has 1 saturated heterocycles. The van der Waals surface area contributed by atoms with E-state index in [9.17, 15) is 4.79 Å². The number of rotatable bonds is 7. The van der Waals surface area contributed by atoms with Crippen LogP contribution in [0.25, 0.3) is 0 Å². The third-order valence-electron chi connectivity index (χ3n) is 4.77. The number of hydrogen-bond donors (Lipinski definition) is 1. The molecule has 0 aromatic heterocycles. The molecule has 2 fully saturated rings. The molecule has 3 nitrogen and oxygen atoms in total. The number of amides is 1. The summed E-state index contributed by atoms with van der Waals surface area (Å²) in [6, 6.07) is 0.0361. The number of nitrogens with one attached hydrogen (secondary N) is 1. The van der Waals surface area contributed by atoms with Crippen LogP contribution >= 0.6 is 0 Å². The van der Waals surface area contributed by atoms with E-state index in [1.54, 1.807) is 0 Å². The van der Waals surface area contributed by atoms with Gasteiger partial charge in [-0.3, -0.25) is 10.1 Å². The molecule has 2 rings (SSSR count). The molecule has 1 aliphatic carbocycles. The van der Waals surface area contributed by atoms with Gasteiger partial charge in [-0.15, -0.1) is 0 Å². The Hall–Kier alpha value is -0.570. The van der Waals surface area contributed by atoms with Crippen LogP contribution in [0.4, 0.5) is 0 Å². The van der Waals surface area contributed by atoms with Crippen molar-refractivity contribution >= 4 is 5.91 Å². The topological polar surface area (TPSA) is 32.3 Å². The maximum Gasteiger partial charge on any atom is 0.241 e. The lowest BCUT2D eigenvalue weighted by Crippen LogP contribution is -2.41. The van der Waals surface area contributed by atoms with Gasteiger partial charge in [0, 0.05) is 6.54 Å². The number of carbonyl (C=O) groups excluding carboxylic acids is 1. The lowest BCUT2D eigenvalue weighted by Gasteiger charge is -2.28. The van der Waals surface area contributed by atoms with Crippen molar-refractivity contribution in [2.45, 2.75) is 78.4 Å². The van der Waals surface area contributed by atoms with E-state index in [2.05, 4.69) is 37.9 Å². The van der Waals surface area contributed by atoms with Crippen molar-refractivity contribution in [3.8, 4) is 0 Å². The predicted octanol–water partition coefficient (Wildman–Crippen LogP) is 3.15. The standard InChI is InChI=1S/C16H30N2O/c1-5-7-13-17-14(12(3)4)15(19)18(13)11-16(8-6-2)9-10-16/h12-14,17H,5-11H2,1-4H3. The van der Waals surface area contributed by atoms with Crippen LogP contribution in [0, 0.1) is 11.3 Å². The van der Waals surface area contributed by atoms with Crippen LogP contribution < -0.4 is 5.32 Å². The summed E-state index contributed by atoms with van der Waals surface area (Å²) in [6.45, 7) is 9.72. The maximum atomic E-state index is 12.6. The average Bonchev–Trinajstić information content (AvgIpc) is 3.04. The minimum absolute atomic E-state index is 0.0361. The van der Waals surface area contributed by atoms with Gasteiger partial charge in [0.1, 0.15) is 0 Å². The highest BCUT2D eigenvalue weighted by Crippen LogP contribution is 2.50. The Morgan fingerprint density at radius 1 is 1.32 bits per heavy atom. The molecule has 2 aliphatic rings. The summed E-state index contributed by atoms with van der Waals surface area (Å²) >= 11 is 0. The van der Waals surface area contributed by atoms with Gasteiger partial charge in [0.15, 0.2) is 0 Å².